The van der Waals surface area contributed by atoms with Crippen LogP contribution in [0.3, 0.4) is 0 Å². The van der Waals surface area contributed by atoms with Gasteiger partial charge in [-0.2, -0.15) is 0 Å². The number of amides is 3. The van der Waals surface area contributed by atoms with Crippen molar-refractivity contribution in [3.63, 3.8) is 0 Å². The lowest BCUT2D eigenvalue weighted by atomic mass is 10.1. The van der Waals surface area contributed by atoms with Gasteiger partial charge < -0.3 is 19.9 Å². The molecule has 2 heterocycles. The van der Waals surface area contributed by atoms with Crippen molar-refractivity contribution in [1.82, 2.24) is 14.8 Å². The number of hydrogen-bond acceptors (Lipinski definition) is 5. The van der Waals surface area contributed by atoms with E-state index in [1.54, 1.807) is 47.2 Å². The van der Waals surface area contributed by atoms with Crippen LogP contribution < -0.4 is 10.1 Å². The molecule has 0 atom stereocenters. The summed E-state index contributed by atoms with van der Waals surface area (Å²) in [6.07, 6.45) is 2.23. The zero-order chi connectivity index (χ0) is 19.2. The Kier molecular flexibility index (Phi) is 5.65. The summed E-state index contributed by atoms with van der Waals surface area (Å²) >= 11 is 0. The third kappa shape index (κ3) is 4.41. The number of nitrogens with one attached hydrogen (secondary N) is 1. The summed E-state index contributed by atoms with van der Waals surface area (Å²) in [5, 5.41) is 2.74. The van der Waals surface area contributed by atoms with E-state index < -0.39 is 5.91 Å². The Labute approximate surface area is 156 Å². The molecule has 1 fully saturated rings. The Balaban J connectivity index is 1.70. The van der Waals surface area contributed by atoms with Gasteiger partial charge in [0.05, 0.1) is 7.11 Å². The van der Waals surface area contributed by atoms with E-state index in [-0.39, 0.29) is 11.6 Å². The largest absolute Gasteiger partial charge is 0.497 e. The van der Waals surface area contributed by atoms with E-state index in [0.29, 0.717) is 43.2 Å². The summed E-state index contributed by atoms with van der Waals surface area (Å²) in [6.45, 7) is 1.93. The number of ether oxygens (including phenoxy) is 1. The first-order valence-electron chi connectivity index (χ1n) is 8.51. The molecule has 3 rings (SSSR count). The van der Waals surface area contributed by atoms with E-state index >= 15 is 0 Å². The monoisotopic (exact) mass is 368 g/mol. The third-order valence-electron chi connectivity index (χ3n) is 4.32. The van der Waals surface area contributed by atoms with E-state index in [1.807, 2.05) is 0 Å². The van der Waals surface area contributed by atoms with Gasteiger partial charge in [-0.1, -0.05) is 6.07 Å². The summed E-state index contributed by atoms with van der Waals surface area (Å²) in [5.74, 6) is 0.0289. The highest BCUT2D eigenvalue weighted by atomic mass is 16.5. The van der Waals surface area contributed by atoms with Gasteiger partial charge in [0, 0.05) is 49.7 Å². The molecule has 0 radical (unpaired) electrons. The summed E-state index contributed by atoms with van der Waals surface area (Å²) in [6, 6.07) is 10.0. The van der Waals surface area contributed by atoms with Crippen LogP contribution in [0.4, 0.5) is 5.69 Å². The molecule has 1 aromatic carbocycles. The van der Waals surface area contributed by atoms with Crippen LogP contribution in [-0.4, -0.2) is 66.3 Å². The molecule has 1 aliphatic rings. The van der Waals surface area contributed by atoms with Crippen molar-refractivity contribution in [3.05, 3.63) is 53.9 Å². The van der Waals surface area contributed by atoms with Crippen molar-refractivity contribution in [3.8, 4) is 5.75 Å². The minimum Gasteiger partial charge on any atom is -0.497 e. The Morgan fingerprint density at radius 2 is 1.93 bits per heavy atom. The topological polar surface area (TPSA) is 91.8 Å². The number of hydrogen-bond donors (Lipinski definition) is 1. The highest BCUT2D eigenvalue weighted by Gasteiger charge is 2.22. The molecule has 0 spiro atoms. The molecule has 1 aromatic heterocycles. The molecule has 2 aromatic rings. The molecule has 0 unspecified atom stereocenters. The lowest BCUT2D eigenvalue weighted by Gasteiger charge is -2.32. The number of piperazine rings is 1. The molecule has 1 N–H and O–H groups in total. The van der Waals surface area contributed by atoms with Crippen LogP contribution in [0.5, 0.6) is 5.75 Å². The van der Waals surface area contributed by atoms with Gasteiger partial charge in [-0.05, 0) is 24.3 Å². The smallest absolute Gasteiger partial charge is 0.274 e. The van der Waals surface area contributed by atoms with E-state index in [9.17, 15) is 14.4 Å². The molecule has 0 saturated carbocycles. The maximum atomic E-state index is 12.7. The van der Waals surface area contributed by atoms with E-state index in [0.717, 1.165) is 6.41 Å². The van der Waals surface area contributed by atoms with Crippen LogP contribution in [0.25, 0.3) is 0 Å². The number of pyridine rings is 1. The number of aromatic nitrogens is 1. The maximum absolute atomic E-state index is 12.7. The molecule has 8 heteroatoms. The van der Waals surface area contributed by atoms with Crippen molar-refractivity contribution in [2.45, 2.75) is 0 Å². The van der Waals surface area contributed by atoms with Gasteiger partial charge >= 0.3 is 0 Å². The third-order valence-corrected chi connectivity index (χ3v) is 4.32. The first-order chi connectivity index (χ1) is 13.1. The van der Waals surface area contributed by atoms with Gasteiger partial charge in [0.25, 0.3) is 11.8 Å². The predicted octanol–water partition coefficient (Wildman–Crippen LogP) is 1.26. The van der Waals surface area contributed by atoms with Crippen LogP contribution in [0, 0.1) is 0 Å². The van der Waals surface area contributed by atoms with Crippen molar-refractivity contribution in [2.24, 2.45) is 0 Å². The second-order valence-corrected chi connectivity index (χ2v) is 6.05. The van der Waals surface area contributed by atoms with Gasteiger partial charge in [-0.25, -0.2) is 0 Å². The van der Waals surface area contributed by atoms with Crippen LogP contribution in [-0.2, 0) is 4.79 Å². The Hall–Kier alpha value is -3.42. The lowest BCUT2D eigenvalue weighted by molar-refractivity contribution is -0.119. The van der Waals surface area contributed by atoms with E-state index in [1.165, 1.54) is 12.3 Å². The molecule has 0 bridgehead atoms. The van der Waals surface area contributed by atoms with Gasteiger partial charge in [-0.3, -0.25) is 19.4 Å². The standard InChI is InChI=1S/C19H20N4O4/c1-27-16-4-2-3-15(12-16)21-18(25)17-11-14(5-6-20-17)19(26)23-9-7-22(13-24)8-10-23/h2-6,11-13H,7-10H2,1H3,(H,21,25). The molecule has 27 heavy (non-hydrogen) atoms. The van der Waals surface area contributed by atoms with Crippen molar-refractivity contribution < 1.29 is 19.1 Å². The number of benzene rings is 1. The zero-order valence-corrected chi connectivity index (χ0v) is 14.9. The number of carbonyl (C=O) groups is 3. The fraction of sp³-hybridized carbons (Fsp3) is 0.263. The highest BCUT2D eigenvalue weighted by Crippen LogP contribution is 2.17. The van der Waals surface area contributed by atoms with Crippen molar-refractivity contribution >= 4 is 23.9 Å². The first-order valence-corrected chi connectivity index (χ1v) is 8.51. The Morgan fingerprint density at radius 1 is 1.15 bits per heavy atom. The molecule has 8 nitrogen and oxygen atoms in total. The quantitative estimate of drug-likeness (QED) is 0.802. The summed E-state index contributed by atoms with van der Waals surface area (Å²) in [7, 11) is 1.55. The SMILES string of the molecule is COc1cccc(NC(=O)c2cc(C(=O)N3CCN(C=O)CC3)ccn2)c1. The number of anilines is 1. The first kappa shape index (κ1) is 18.4. The molecule has 140 valence electrons. The molecule has 1 saturated heterocycles. The fourth-order valence-corrected chi connectivity index (χ4v) is 2.80. The maximum Gasteiger partial charge on any atom is 0.274 e. The fourth-order valence-electron chi connectivity index (χ4n) is 2.80. The van der Waals surface area contributed by atoms with Crippen LogP contribution in [0.2, 0.25) is 0 Å². The molecular weight excluding hydrogens is 348 g/mol. The van der Waals surface area contributed by atoms with Gasteiger partial charge in [-0.15, -0.1) is 0 Å². The second-order valence-electron chi connectivity index (χ2n) is 6.05. The molecule has 1 aliphatic heterocycles. The number of carbonyl (C=O) groups excluding carboxylic acids is 3. The highest BCUT2D eigenvalue weighted by molar-refractivity contribution is 6.04. The lowest BCUT2D eigenvalue weighted by Crippen LogP contribution is -2.48. The summed E-state index contributed by atoms with van der Waals surface area (Å²) in [5.41, 5.74) is 1.11. The van der Waals surface area contributed by atoms with Crippen LogP contribution in [0.1, 0.15) is 20.8 Å². The average molecular weight is 368 g/mol. The van der Waals surface area contributed by atoms with Gasteiger partial charge in [0.15, 0.2) is 0 Å². The average Bonchev–Trinajstić information content (AvgIpc) is 2.73. The van der Waals surface area contributed by atoms with Gasteiger partial charge in [0.2, 0.25) is 6.41 Å². The van der Waals surface area contributed by atoms with Crippen molar-refractivity contribution in [1.29, 1.82) is 0 Å². The van der Waals surface area contributed by atoms with Gasteiger partial charge in [0.1, 0.15) is 11.4 Å². The number of methoxy groups -OCH3 is 1. The van der Waals surface area contributed by atoms with E-state index in [2.05, 4.69) is 10.3 Å². The minimum atomic E-state index is -0.413. The van der Waals surface area contributed by atoms with Crippen LogP contribution in [0.15, 0.2) is 42.6 Å². The second kappa shape index (κ2) is 8.31. The zero-order valence-electron chi connectivity index (χ0n) is 14.9. The molecule has 3 amide bonds. The minimum absolute atomic E-state index is 0.148. The van der Waals surface area contributed by atoms with Crippen LogP contribution >= 0.6 is 0 Å². The molecule has 0 aliphatic carbocycles. The molecular formula is C19H20N4O4. The van der Waals surface area contributed by atoms with E-state index in [4.69, 9.17) is 4.74 Å². The summed E-state index contributed by atoms with van der Waals surface area (Å²) in [4.78, 5) is 43.3. The Bertz CT molecular complexity index is 847. The number of rotatable bonds is 5. The normalized spacial score (nSPS) is 13.8. The predicted molar refractivity (Wildman–Crippen MR) is 98.7 cm³/mol. The van der Waals surface area contributed by atoms with Crippen molar-refractivity contribution in [2.75, 3.05) is 38.6 Å². The Morgan fingerprint density at radius 3 is 2.63 bits per heavy atom. The number of nitrogens with zero attached hydrogens (tertiary/aromatic N) is 3. The summed E-state index contributed by atoms with van der Waals surface area (Å²) < 4.78 is 5.13.